The number of para-hydroxylation sites is 1. The Morgan fingerprint density at radius 1 is 0.531 bits per heavy atom. The predicted molar refractivity (Wildman–Crippen MR) is 267 cm³/mol. The van der Waals surface area contributed by atoms with Crippen LogP contribution in [0.4, 0.5) is 0 Å². The Kier molecular flexibility index (Phi) is 10.9. The van der Waals surface area contributed by atoms with Crippen LogP contribution < -0.4 is 0 Å². The molecule has 0 fully saturated rings. The van der Waals surface area contributed by atoms with Gasteiger partial charge in [-0.25, -0.2) is 19.9 Å². The van der Waals surface area contributed by atoms with E-state index in [-0.39, 0.29) is 0 Å². The first-order valence-corrected chi connectivity index (χ1v) is 23.5. The Hall–Kier alpha value is -6.66. The van der Waals surface area contributed by atoms with E-state index in [4.69, 9.17) is 19.9 Å². The third kappa shape index (κ3) is 6.69. The minimum Gasteiger partial charge on any atom is -0.309 e. The molecule has 0 saturated carbocycles. The highest BCUT2D eigenvalue weighted by Gasteiger charge is 2.42. The zero-order valence-electron chi connectivity index (χ0n) is 38.3. The quantitative estimate of drug-likeness (QED) is 0.123. The third-order valence-electron chi connectivity index (χ3n) is 14.1. The molecular weight excluding hydrogens is 781 g/mol. The summed E-state index contributed by atoms with van der Waals surface area (Å²) in [6.45, 7) is 15.7. The molecule has 6 aromatic heterocycles. The molecule has 6 heteroatoms. The second-order valence-corrected chi connectivity index (χ2v) is 18.0. The molecule has 0 spiro atoms. The Morgan fingerprint density at radius 3 is 1.47 bits per heavy atom. The molecular formula is C58H58N6. The second kappa shape index (κ2) is 16.8. The monoisotopic (exact) mass is 838 g/mol. The first-order valence-electron chi connectivity index (χ1n) is 23.5. The van der Waals surface area contributed by atoms with E-state index in [2.05, 4.69) is 203 Å². The highest BCUT2D eigenvalue weighted by Crippen LogP contribution is 2.47. The number of aromatic nitrogens is 6. The number of aryl methyl sites for hydroxylation is 2. The first-order chi connectivity index (χ1) is 31.3. The maximum absolute atomic E-state index is 5.92. The van der Waals surface area contributed by atoms with Gasteiger partial charge in [0.25, 0.3) is 0 Å². The van der Waals surface area contributed by atoms with Gasteiger partial charge in [0, 0.05) is 40.5 Å². The smallest absolute Gasteiger partial charge is 0.115 e. The predicted octanol–water partition coefficient (Wildman–Crippen LogP) is 14.7. The van der Waals surface area contributed by atoms with Crippen LogP contribution in [0.25, 0.3) is 55.5 Å². The molecule has 0 radical (unpaired) electrons. The Balaban J connectivity index is 1.34. The molecule has 320 valence electrons. The van der Waals surface area contributed by atoms with Gasteiger partial charge in [-0.15, -0.1) is 0 Å². The fraction of sp³-hybridized carbons (Fsp3) is 0.276. The molecule has 0 saturated heterocycles. The maximum Gasteiger partial charge on any atom is 0.115 e. The Bertz CT molecular complexity index is 3200. The van der Waals surface area contributed by atoms with E-state index in [1.54, 1.807) is 0 Å². The highest BCUT2D eigenvalue weighted by molar-refractivity contribution is 6.07. The van der Waals surface area contributed by atoms with E-state index in [0.717, 1.165) is 116 Å². The number of rotatable bonds is 12. The van der Waals surface area contributed by atoms with Gasteiger partial charge in [-0.05, 0) is 124 Å². The van der Waals surface area contributed by atoms with Crippen LogP contribution >= 0.6 is 0 Å². The molecule has 1 aliphatic carbocycles. The number of nitrogens with zero attached hydrogens (tertiary/aromatic N) is 6. The summed E-state index contributed by atoms with van der Waals surface area (Å²) < 4.78 is 4.75. The summed E-state index contributed by atoms with van der Waals surface area (Å²) in [5.74, 6) is 1.07. The van der Waals surface area contributed by atoms with Gasteiger partial charge in [-0.3, -0.25) is 0 Å². The lowest BCUT2D eigenvalue weighted by Gasteiger charge is -2.35. The maximum atomic E-state index is 5.92. The van der Waals surface area contributed by atoms with Crippen molar-refractivity contribution in [2.75, 3.05) is 0 Å². The van der Waals surface area contributed by atoms with Crippen molar-refractivity contribution in [1.82, 2.24) is 29.1 Å². The number of allylic oxidation sites excluding steroid dienone is 4. The number of pyridine rings is 4. The number of fused-ring (bicyclic) bond motifs is 6. The van der Waals surface area contributed by atoms with Crippen LogP contribution in [-0.2, 0) is 5.41 Å². The molecule has 64 heavy (non-hydrogen) atoms. The average molecular weight is 839 g/mol. The first kappa shape index (κ1) is 41.4. The molecule has 1 atom stereocenters. The van der Waals surface area contributed by atoms with Gasteiger partial charge in [0.1, 0.15) is 27.5 Å². The van der Waals surface area contributed by atoms with Gasteiger partial charge >= 0.3 is 0 Å². The molecule has 3 aromatic carbocycles. The normalized spacial score (nSPS) is 14.5. The number of benzene rings is 3. The molecule has 10 rings (SSSR count). The molecule has 1 aliphatic rings. The van der Waals surface area contributed by atoms with E-state index in [1.807, 2.05) is 0 Å². The van der Waals surface area contributed by atoms with Crippen LogP contribution in [0.15, 0.2) is 146 Å². The van der Waals surface area contributed by atoms with Crippen molar-refractivity contribution in [3.8, 4) is 5.69 Å². The van der Waals surface area contributed by atoms with Crippen molar-refractivity contribution in [3.63, 3.8) is 0 Å². The Labute approximate surface area is 377 Å². The highest BCUT2D eigenvalue weighted by atomic mass is 15.0. The van der Waals surface area contributed by atoms with Crippen LogP contribution in [0, 0.1) is 19.8 Å². The topological polar surface area (TPSA) is 61.4 Å². The van der Waals surface area contributed by atoms with Crippen LogP contribution in [-0.4, -0.2) is 29.1 Å². The lowest BCUT2D eigenvalue weighted by molar-refractivity contribution is 0.626. The van der Waals surface area contributed by atoms with Gasteiger partial charge in [0.15, 0.2) is 0 Å². The van der Waals surface area contributed by atoms with Crippen molar-refractivity contribution in [2.45, 2.75) is 97.8 Å². The van der Waals surface area contributed by atoms with Gasteiger partial charge < -0.3 is 9.13 Å². The van der Waals surface area contributed by atoms with Crippen LogP contribution in [0.5, 0.6) is 0 Å². The third-order valence-corrected chi connectivity index (χ3v) is 14.1. The van der Waals surface area contributed by atoms with Gasteiger partial charge in [0.05, 0.1) is 33.5 Å². The molecule has 0 N–H and O–H groups in total. The zero-order valence-corrected chi connectivity index (χ0v) is 38.3. The summed E-state index contributed by atoms with van der Waals surface area (Å²) in [6, 6.07) is 46.6. The zero-order chi connectivity index (χ0) is 44.1. The van der Waals surface area contributed by atoms with Gasteiger partial charge in [0.2, 0.25) is 0 Å². The summed E-state index contributed by atoms with van der Waals surface area (Å²) in [6.07, 6.45) is 11.8. The van der Waals surface area contributed by atoms with Crippen molar-refractivity contribution >= 4 is 49.8 Å². The minimum atomic E-state index is -0.921. The van der Waals surface area contributed by atoms with E-state index in [9.17, 15) is 0 Å². The SMILES string of the molecule is CCC(CC)c1ccc2c(n1)c1nc(C(c3cccc(C)c3)(c3cccc(C)c3)c3ccc4c(n3)c3nc(C(CC)CC)ccc3n4-c3ccccc3)ccc1n2C1=CC=CCC1C. The molecule has 0 amide bonds. The lowest BCUT2D eigenvalue weighted by Crippen LogP contribution is -2.33. The number of hydrogen-bond acceptors (Lipinski definition) is 4. The fourth-order valence-electron chi connectivity index (χ4n) is 10.6. The van der Waals surface area contributed by atoms with Crippen LogP contribution in [0.3, 0.4) is 0 Å². The summed E-state index contributed by atoms with van der Waals surface area (Å²) in [5.41, 5.74) is 17.9. The molecule has 0 aliphatic heterocycles. The van der Waals surface area contributed by atoms with E-state index < -0.39 is 5.41 Å². The summed E-state index contributed by atoms with van der Waals surface area (Å²) in [7, 11) is 0. The Morgan fingerprint density at radius 2 is 1.00 bits per heavy atom. The average Bonchev–Trinajstić information content (AvgIpc) is 3.82. The molecule has 9 aromatic rings. The molecule has 6 heterocycles. The van der Waals surface area contributed by atoms with Crippen LogP contribution in [0.2, 0.25) is 0 Å². The van der Waals surface area contributed by atoms with Gasteiger partial charge in [-0.1, -0.05) is 125 Å². The number of hydrogen-bond donors (Lipinski definition) is 0. The summed E-state index contributed by atoms with van der Waals surface area (Å²) >= 11 is 0. The van der Waals surface area contributed by atoms with Crippen molar-refractivity contribution in [1.29, 1.82) is 0 Å². The van der Waals surface area contributed by atoms with Crippen molar-refractivity contribution < 1.29 is 0 Å². The van der Waals surface area contributed by atoms with E-state index in [0.29, 0.717) is 17.8 Å². The second-order valence-electron chi connectivity index (χ2n) is 18.0. The van der Waals surface area contributed by atoms with Gasteiger partial charge in [-0.2, -0.15) is 0 Å². The van der Waals surface area contributed by atoms with E-state index in [1.165, 1.54) is 16.8 Å². The summed E-state index contributed by atoms with van der Waals surface area (Å²) in [5, 5.41) is 0. The van der Waals surface area contributed by atoms with Crippen LogP contribution in [0.1, 0.15) is 124 Å². The summed E-state index contributed by atoms with van der Waals surface area (Å²) in [4.78, 5) is 22.9. The fourth-order valence-corrected chi connectivity index (χ4v) is 10.6. The largest absolute Gasteiger partial charge is 0.309 e. The molecule has 6 nitrogen and oxygen atoms in total. The van der Waals surface area contributed by atoms with Crippen molar-refractivity contribution in [2.24, 2.45) is 5.92 Å². The molecule has 1 unspecified atom stereocenters. The minimum absolute atomic E-state index is 0.342. The lowest BCUT2D eigenvalue weighted by atomic mass is 9.68. The van der Waals surface area contributed by atoms with Crippen molar-refractivity contribution in [3.05, 3.63) is 191 Å². The standard InChI is InChI=1S/C58H58N6/c1-8-40(9-2)45-27-29-48-54(59-45)56-49(63(48)44-24-13-12-14-25-44)31-33-52(61-56)58(42-22-17-19-37(5)35-42,43-23-18-20-38(6)36-43)53-34-32-51-57(62-53)55-50(30-28-46(60-55)41(10-3)11-4)64(51)47-26-16-15-21-39(47)7/h12-20,22-36,39-41H,8-11,21H2,1-7H3. The molecule has 0 bridgehead atoms. The van der Waals surface area contributed by atoms with E-state index >= 15 is 0 Å².